The molecule has 0 aromatic heterocycles. The molecule has 96 valence electrons. The van der Waals surface area contributed by atoms with Crippen molar-refractivity contribution < 1.29 is 13.2 Å². The van der Waals surface area contributed by atoms with E-state index in [2.05, 4.69) is 0 Å². The Balaban J connectivity index is 2.69. The summed E-state index contributed by atoms with van der Waals surface area (Å²) < 4.78 is 38.3. The molecule has 2 nitrogen and oxygen atoms in total. The quantitative estimate of drug-likeness (QED) is 0.864. The number of alkyl halides is 3. The highest BCUT2D eigenvalue weighted by Gasteiger charge is 2.41. The largest absolute Gasteiger partial charge is 0.404 e. The zero-order chi connectivity index (χ0) is 12.9. The Kier molecular flexibility index (Phi) is 4.96. The zero-order valence-corrected chi connectivity index (χ0v) is 9.74. The second kappa shape index (κ2) is 6.02. The first-order chi connectivity index (χ1) is 7.95. The van der Waals surface area contributed by atoms with Gasteiger partial charge in [-0.3, -0.25) is 4.90 Å². The van der Waals surface area contributed by atoms with Crippen LogP contribution in [-0.4, -0.2) is 30.7 Å². The molecule has 0 aliphatic heterocycles. The molecule has 1 aromatic carbocycles. The molecule has 0 saturated heterocycles. The third-order valence-corrected chi connectivity index (χ3v) is 2.62. The topological polar surface area (TPSA) is 29.3 Å². The summed E-state index contributed by atoms with van der Waals surface area (Å²) in [6, 6.07) is 7.61. The van der Waals surface area contributed by atoms with E-state index in [0.717, 1.165) is 5.56 Å². The highest BCUT2D eigenvalue weighted by molar-refractivity contribution is 5.14. The van der Waals surface area contributed by atoms with Gasteiger partial charge in [-0.25, -0.2) is 0 Å². The van der Waals surface area contributed by atoms with Crippen LogP contribution < -0.4 is 5.73 Å². The number of halogens is 3. The smallest absolute Gasteiger partial charge is 0.330 e. The van der Waals surface area contributed by atoms with Crippen LogP contribution in [0.15, 0.2) is 30.3 Å². The van der Waals surface area contributed by atoms with Gasteiger partial charge >= 0.3 is 6.18 Å². The maximum atomic E-state index is 12.8. The Morgan fingerprint density at radius 3 is 2.29 bits per heavy atom. The van der Waals surface area contributed by atoms with Crippen LogP contribution >= 0.6 is 0 Å². The maximum absolute atomic E-state index is 12.8. The Morgan fingerprint density at radius 1 is 1.24 bits per heavy atom. The van der Waals surface area contributed by atoms with Crippen molar-refractivity contribution in [2.24, 2.45) is 5.73 Å². The molecule has 1 rings (SSSR count). The van der Waals surface area contributed by atoms with E-state index in [1.54, 1.807) is 0 Å². The van der Waals surface area contributed by atoms with Crippen molar-refractivity contribution in [1.29, 1.82) is 0 Å². The highest BCUT2D eigenvalue weighted by atomic mass is 19.4. The molecule has 1 atom stereocenters. The molecule has 0 heterocycles. The summed E-state index contributed by atoms with van der Waals surface area (Å²) in [6.07, 6.45) is -4.31. The molecule has 5 heteroatoms. The number of hydrogen-bond donors (Lipinski definition) is 1. The van der Waals surface area contributed by atoms with E-state index < -0.39 is 12.2 Å². The summed E-state index contributed by atoms with van der Waals surface area (Å²) in [5.41, 5.74) is 6.09. The van der Waals surface area contributed by atoms with Crippen LogP contribution in [-0.2, 0) is 6.54 Å². The molecule has 0 fully saturated rings. The van der Waals surface area contributed by atoms with Gasteiger partial charge in [-0.05, 0) is 25.6 Å². The second-order valence-electron chi connectivity index (χ2n) is 4.04. The Hall–Kier alpha value is -1.07. The van der Waals surface area contributed by atoms with E-state index in [4.69, 9.17) is 5.73 Å². The van der Waals surface area contributed by atoms with Gasteiger partial charge in [0.05, 0.1) is 0 Å². The molecule has 0 aliphatic rings. The summed E-state index contributed by atoms with van der Waals surface area (Å²) in [5.74, 6) is 0. The van der Waals surface area contributed by atoms with Gasteiger partial charge in [0.15, 0.2) is 0 Å². The average molecular weight is 246 g/mol. The summed E-state index contributed by atoms with van der Waals surface area (Å²) in [6.45, 7) is 0.300. The van der Waals surface area contributed by atoms with Crippen LogP contribution in [0.5, 0.6) is 0 Å². The monoisotopic (exact) mass is 246 g/mol. The predicted octanol–water partition coefficient (Wildman–Crippen LogP) is 2.40. The minimum absolute atomic E-state index is 0.0311. The number of rotatable bonds is 5. The number of hydrogen-bond acceptors (Lipinski definition) is 2. The zero-order valence-electron chi connectivity index (χ0n) is 9.74. The minimum Gasteiger partial charge on any atom is -0.330 e. The van der Waals surface area contributed by atoms with Crippen LogP contribution in [0.1, 0.15) is 12.0 Å². The fourth-order valence-electron chi connectivity index (χ4n) is 1.77. The SMILES string of the molecule is CN(Cc1ccccc1)C(CCN)C(F)(F)F. The molecular formula is C12H17F3N2. The van der Waals surface area contributed by atoms with Crippen molar-refractivity contribution in [3.05, 3.63) is 35.9 Å². The van der Waals surface area contributed by atoms with E-state index in [-0.39, 0.29) is 19.5 Å². The third kappa shape index (κ3) is 4.36. The van der Waals surface area contributed by atoms with E-state index in [1.807, 2.05) is 30.3 Å². The lowest BCUT2D eigenvalue weighted by molar-refractivity contribution is -0.182. The molecule has 0 amide bonds. The molecule has 0 saturated carbocycles. The van der Waals surface area contributed by atoms with Crippen molar-refractivity contribution in [2.75, 3.05) is 13.6 Å². The molecule has 1 aromatic rings. The van der Waals surface area contributed by atoms with E-state index in [0.29, 0.717) is 0 Å². The van der Waals surface area contributed by atoms with Crippen LogP contribution in [0.25, 0.3) is 0 Å². The molecule has 0 bridgehead atoms. The molecule has 2 N–H and O–H groups in total. The van der Waals surface area contributed by atoms with Gasteiger partial charge in [0, 0.05) is 6.54 Å². The maximum Gasteiger partial charge on any atom is 0.404 e. The van der Waals surface area contributed by atoms with Gasteiger partial charge < -0.3 is 5.73 Å². The predicted molar refractivity (Wildman–Crippen MR) is 61.4 cm³/mol. The van der Waals surface area contributed by atoms with Crippen molar-refractivity contribution >= 4 is 0 Å². The first-order valence-electron chi connectivity index (χ1n) is 5.46. The molecule has 0 aliphatic carbocycles. The van der Waals surface area contributed by atoms with E-state index >= 15 is 0 Å². The van der Waals surface area contributed by atoms with Crippen LogP contribution in [0.2, 0.25) is 0 Å². The summed E-state index contributed by atoms with van der Waals surface area (Å²) in [5, 5.41) is 0. The van der Waals surface area contributed by atoms with Gasteiger partial charge in [0.25, 0.3) is 0 Å². The molecule has 0 radical (unpaired) electrons. The summed E-state index contributed by atoms with van der Waals surface area (Å²) in [4.78, 5) is 1.29. The van der Waals surface area contributed by atoms with Crippen LogP contribution in [0, 0.1) is 0 Å². The Labute approximate surface area is 99.2 Å². The van der Waals surface area contributed by atoms with Gasteiger partial charge in [0.1, 0.15) is 6.04 Å². The normalized spacial score (nSPS) is 14.0. The lowest BCUT2D eigenvalue weighted by Gasteiger charge is -2.29. The average Bonchev–Trinajstić information content (AvgIpc) is 2.25. The fourth-order valence-corrected chi connectivity index (χ4v) is 1.77. The molecule has 0 spiro atoms. The summed E-state index contributed by atoms with van der Waals surface area (Å²) in [7, 11) is 1.47. The van der Waals surface area contributed by atoms with Crippen LogP contribution in [0.4, 0.5) is 13.2 Å². The standard InChI is InChI=1S/C12H17F3N2/c1-17(9-10-5-3-2-4-6-10)11(7-8-16)12(13,14)15/h2-6,11H,7-9,16H2,1H3. The first-order valence-corrected chi connectivity index (χ1v) is 5.46. The van der Waals surface area contributed by atoms with Crippen molar-refractivity contribution in [2.45, 2.75) is 25.2 Å². The van der Waals surface area contributed by atoms with Gasteiger partial charge in [-0.1, -0.05) is 30.3 Å². The summed E-state index contributed by atoms with van der Waals surface area (Å²) >= 11 is 0. The number of benzene rings is 1. The van der Waals surface area contributed by atoms with Gasteiger partial charge in [-0.15, -0.1) is 0 Å². The van der Waals surface area contributed by atoms with E-state index in [9.17, 15) is 13.2 Å². The molecular weight excluding hydrogens is 229 g/mol. The molecule has 17 heavy (non-hydrogen) atoms. The number of nitrogens with two attached hydrogens (primary N) is 1. The first kappa shape index (κ1) is 14.0. The fraction of sp³-hybridized carbons (Fsp3) is 0.500. The molecule has 1 unspecified atom stereocenters. The van der Waals surface area contributed by atoms with Crippen molar-refractivity contribution in [3.8, 4) is 0 Å². The Morgan fingerprint density at radius 2 is 1.82 bits per heavy atom. The lowest BCUT2D eigenvalue weighted by atomic mass is 10.1. The van der Waals surface area contributed by atoms with Crippen LogP contribution in [0.3, 0.4) is 0 Å². The second-order valence-corrected chi connectivity index (χ2v) is 4.04. The number of nitrogens with zero attached hydrogens (tertiary/aromatic N) is 1. The minimum atomic E-state index is -4.23. The van der Waals surface area contributed by atoms with Crippen molar-refractivity contribution in [3.63, 3.8) is 0 Å². The van der Waals surface area contributed by atoms with E-state index in [1.165, 1.54) is 11.9 Å². The highest BCUT2D eigenvalue weighted by Crippen LogP contribution is 2.27. The Bertz CT molecular complexity index is 324. The lowest BCUT2D eigenvalue weighted by Crippen LogP contribution is -2.44. The van der Waals surface area contributed by atoms with Crippen molar-refractivity contribution in [1.82, 2.24) is 4.90 Å². The van der Waals surface area contributed by atoms with Gasteiger partial charge in [0.2, 0.25) is 0 Å². The van der Waals surface area contributed by atoms with Gasteiger partial charge in [-0.2, -0.15) is 13.2 Å². The third-order valence-electron chi connectivity index (χ3n) is 2.62.